The smallest absolute Gasteiger partial charge is 0.356 e. The van der Waals surface area contributed by atoms with Crippen molar-refractivity contribution >= 4 is 45.3 Å². The monoisotopic (exact) mass is 502 g/mol. The van der Waals surface area contributed by atoms with Gasteiger partial charge in [-0.25, -0.2) is 18.4 Å². The number of hydrogen-bond donors (Lipinski definition) is 1. The molecule has 1 aromatic heterocycles. The maximum atomic E-state index is 13.1. The van der Waals surface area contributed by atoms with Gasteiger partial charge in [0.25, 0.3) is 5.91 Å². The molecular weight excluding hydrogens is 481 g/mol. The van der Waals surface area contributed by atoms with E-state index in [0.717, 1.165) is 25.2 Å². The Bertz CT molecular complexity index is 1180. The summed E-state index contributed by atoms with van der Waals surface area (Å²) in [5.41, 5.74) is -0.00137. The second-order valence-corrected chi connectivity index (χ2v) is 9.89. The number of sulfonamides is 1. The number of anilines is 2. The summed E-state index contributed by atoms with van der Waals surface area (Å²) in [6.45, 7) is 2.75. The third-order valence-electron chi connectivity index (χ3n) is 5.09. The van der Waals surface area contributed by atoms with Gasteiger partial charge in [-0.3, -0.25) is 9.52 Å². The third kappa shape index (κ3) is 6.44. The molecule has 7 nitrogen and oxygen atoms in total. The largest absolute Gasteiger partial charge is 0.433 e. The molecule has 0 spiro atoms. The number of nitrogens with zero attached hydrogens (tertiary/aromatic N) is 3. The van der Waals surface area contributed by atoms with E-state index in [4.69, 9.17) is 11.6 Å². The highest BCUT2D eigenvalue weighted by atomic mass is 35.5. The first kappa shape index (κ1) is 25.0. The van der Waals surface area contributed by atoms with Crippen LogP contribution in [0.15, 0.2) is 35.3 Å². The first-order valence-corrected chi connectivity index (χ1v) is 12.3. The molecule has 1 aromatic carbocycles. The van der Waals surface area contributed by atoms with Gasteiger partial charge in [-0.05, 0) is 49.6 Å². The molecule has 0 aliphatic carbocycles. The lowest BCUT2D eigenvalue weighted by Gasteiger charge is -2.20. The predicted molar refractivity (Wildman–Crippen MR) is 122 cm³/mol. The van der Waals surface area contributed by atoms with Crippen molar-refractivity contribution in [3.8, 4) is 0 Å². The third-order valence-corrected chi connectivity index (χ3v) is 5.99. The Hall–Kier alpha value is -2.66. The normalized spacial score (nSPS) is 15.8. The summed E-state index contributed by atoms with van der Waals surface area (Å²) in [6.07, 6.45) is -0.678. The summed E-state index contributed by atoms with van der Waals surface area (Å²) < 4.78 is 64.4. The van der Waals surface area contributed by atoms with Crippen molar-refractivity contribution in [3.05, 3.63) is 52.2 Å². The van der Waals surface area contributed by atoms with Gasteiger partial charge < -0.3 is 4.90 Å². The van der Waals surface area contributed by atoms with Gasteiger partial charge in [0.2, 0.25) is 10.0 Å². The molecule has 0 radical (unpaired) electrons. The van der Waals surface area contributed by atoms with Gasteiger partial charge in [-0.15, -0.1) is 0 Å². The number of nitrogens with one attached hydrogen (secondary N) is 1. The number of pyridine rings is 1. The molecule has 1 saturated heterocycles. The fourth-order valence-electron chi connectivity index (χ4n) is 3.37. The van der Waals surface area contributed by atoms with E-state index < -0.39 is 33.7 Å². The Morgan fingerprint density at radius 2 is 1.91 bits per heavy atom. The van der Waals surface area contributed by atoms with Gasteiger partial charge in [0.15, 0.2) is 0 Å². The molecule has 178 valence electrons. The Morgan fingerprint density at radius 3 is 2.48 bits per heavy atom. The first-order chi connectivity index (χ1) is 15.3. The van der Waals surface area contributed by atoms with E-state index in [1.807, 2.05) is 0 Å². The molecule has 3 rings (SSSR count). The number of aromatic nitrogens is 1. The van der Waals surface area contributed by atoms with Crippen LogP contribution in [0.25, 0.3) is 0 Å². The van der Waals surface area contributed by atoms with E-state index in [0.29, 0.717) is 24.2 Å². The lowest BCUT2D eigenvalue weighted by molar-refractivity contribution is -0.141. The van der Waals surface area contributed by atoms with Gasteiger partial charge in [0, 0.05) is 24.9 Å². The maximum Gasteiger partial charge on any atom is 0.433 e. The van der Waals surface area contributed by atoms with Crippen molar-refractivity contribution in [1.82, 2.24) is 4.98 Å². The molecule has 1 amide bonds. The molecule has 1 aliphatic heterocycles. The number of alkyl halides is 3. The Labute approximate surface area is 194 Å². The summed E-state index contributed by atoms with van der Waals surface area (Å²) >= 11 is 6.12. The number of benzene rings is 1. The Kier molecular flexibility index (Phi) is 7.32. The summed E-state index contributed by atoms with van der Waals surface area (Å²) in [4.78, 5) is 22.1. The lowest BCUT2D eigenvalue weighted by atomic mass is 10.0. The van der Waals surface area contributed by atoms with Crippen LogP contribution in [-0.2, 0) is 21.0 Å². The minimum atomic E-state index is -4.58. The molecule has 0 saturated carbocycles. The number of aliphatic imine (C=N–C) groups is 1. The van der Waals surface area contributed by atoms with Gasteiger partial charge >= 0.3 is 6.18 Å². The molecule has 33 heavy (non-hydrogen) atoms. The fraction of sp³-hybridized carbons (Fsp3) is 0.381. The fourth-order valence-corrected chi connectivity index (χ4v) is 4.24. The number of rotatable bonds is 6. The minimum Gasteiger partial charge on any atom is -0.356 e. The Morgan fingerprint density at radius 1 is 1.24 bits per heavy atom. The van der Waals surface area contributed by atoms with Crippen molar-refractivity contribution in [2.45, 2.75) is 31.9 Å². The number of carbonyl (C=O) groups excluding carboxylic acids is 1. The van der Waals surface area contributed by atoms with E-state index in [-0.39, 0.29) is 16.5 Å². The van der Waals surface area contributed by atoms with Crippen LogP contribution in [-0.4, -0.2) is 44.9 Å². The minimum absolute atomic E-state index is 0.116. The van der Waals surface area contributed by atoms with Gasteiger partial charge in [0.05, 0.1) is 22.9 Å². The van der Waals surface area contributed by atoms with E-state index in [1.54, 1.807) is 17.9 Å². The number of carbonyl (C=O) groups is 1. The van der Waals surface area contributed by atoms with Crippen LogP contribution in [0, 0.1) is 0 Å². The van der Waals surface area contributed by atoms with Crippen molar-refractivity contribution in [2.24, 2.45) is 4.99 Å². The molecule has 1 aliphatic rings. The summed E-state index contributed by atoms with van der Waals surface area (Å²) in [5.74, 6) is -1.11. The number of halogens is 4. The molecule has 2 aromatic rings. The second kappa shape index (κ2) is 9.68. The van der Waals surface area contributed by atoms with Gasteiger partial charge in [-0.1, -0.05) is 17.7 Å². The zero-order valence-electron chi connectivity index (χ0n) is 17.9. The van der Waals surface area contributed by atoms with Crippen molar-refractivity contribution in [3.63, 3.8) is 0 Å². The highest BCUT2D eigenvalue weighted by Crippen LogP contribution is 2.32. The van der Waals surface area contributed by atoms with E-state index in [9.17, 15) is 26.4 Å². The zero-order valence-corrected chi connectivity index (χ0v) is 19.4. The van der Waals surface area contributed by atoms with Crippen LogP contribution >= 0.6 is 11.6 Å². The first-order valence-electron chi connectivity index (χ1n) is 10.0. The predicted octanol–water partition coefficient (Wildman–Crippen LogP) is 4.47. The zero-order chi connectivity index (χ0) is 24.4. The van der Waals surface area contributed by atoms with Crippen molar-refractivity contribution in [2.75, 3.05) is 29.0 Å². The van der Waals surface area contributed by atoms with Crippen LogP contribution in [0.1, 0.15) is 42.5 Å². The average molecular weight is 503 g/mol. The molecule has 1 fully saturated rings. The molecular formula is C21H22ClF3N4O3S. The summed E-state index contributed by atoms with van der Waals surface area (Å²) in [6, 6.07) is 6.57. The highest BCUT2D eigenvalue weighted by Gasteiger charge is 2.34. The van der Waals surface area contributed by atoms with Crippen LogP contribution in [0.4, 0.5) is 24.7 Å². The molecule has 12 heteroatoms. The SMILES string of the molecule is CC(C(=O)N=Cc1ccc(C(F)(F)F)nc1N1CCCC1)c1ccc(NS(C)(=O)=O)c(Cl)c1. The summed E-state index contributed by atoms with van der Waals surface area (Å²) in [7, 11) is -3.52. The standard InChI is InChI=1S/C21H22ClF3N4O3S/c1-13(14-5-7-17(16(22)11-14)28-33(2,31)32)20(30)26-12-15-6-8-18(21(23,24)25)27-19(15)29-9-3-4-10-29/h5-8,11-13,28H,3-4,9-10H2,1-2H3. The molecule has 0 bridgehead atoms. The Balaban J connectivity index is 1.83. The van der Waals surface area contributed by atoms with Crippen molar-refractivity contribution in [1.29, 1.82) is 0 Å². The quantitative estimate of drug-likeness (QED) is 0.588. The molecule has 2 heterocycles. The van der Waals surface area contributed by atoms with Crippen LogP contribution in [0.3, 0.4) is 0 Å². The topological polar surface area (TPSA) is 91.7 Å². The van der Waals surface area contributed by atoms with Crippen LogP contribution in [0.5, 0.6) is 0 Å². The van der Waals surface area contributed by atoms with E-state index in [1.165, 1.54) is 24.4 Å². The average Bonchev–Trinajstić information content (AvgIpc) is 3.26. The second-order valence-electron chi connectivity index (χ2n) is 7.73. The number of hydrogen-bond acceptors (Lipinski definition) is 5. The maximum absolute atomic E-state index is 13.1. The molecule has 1 unspecified atom stereocenters. The molecule has 1 atom stereocenters. The number of amides is 1. The van der Waals surface area contributed by atoms with Crippen molar-refractivity contribution < 1.29 is 26.4 Å². The molecule has 1 N–H and O–H groups in total. The van der Waals surface area contributed by atoms with E-state index in [2.05, 4.69) is 14.7 Å². The summed E-state index contributed by atoms with van der Waals surface area (Å²) in [5, 5.41) is 0.116. The van der Waals surface area contributed by atoms with Gasteiger partial charge in [-0.2, -0.15) is 13.2 Å². The lowest BCUT2D eigenvalue weighted by Crippen LogP contribution is -2.22. The highest BCUT2D eigenvalue weighted by molar-refractivity contribution is 7.92. The van der Waals surface area contributed by atoms with E-state index >= 15 is 0 Å². The van der Waals surface area contributed by atoms with Gasteiger partial charge in [0.1, 0.15) is 11.5 Å². The van der Waals surface area contributed by atoms with Crippen LogP contribution in [0.2, 0.25) is 5.02 Å². The van der Waals surface area contributed by atoms with Crippen LogP contribution < -0.4 is 9.62 Å².